The zero-order chi connectivity index (χ0) is 23.2. The molecule has 0 spiro atoms. The molecular weight excluding hydrogens is 430 g/mol. The minimum Gasteiger partial charge on any atom is -0.494 e. The SMILES string of the molecule is CCCCCOc1cccc(C(=O)N(Cc2ccccn2)c2nc3c(C)c(C)ccc3s2)c1. The number of fused-ring (bicyclic) bond motifs is 1. The van der Waals surface area contributed by atoms with Crippen LogP contribution in [0.2, 0.25) is 0 Å². The maximum atomic E-state index is 13.7. The first-order chi connectivity index (χ1) is 16.1. The predicted octanol–water partition coefficient (Wildman–Crippen LogP) is 6.72. The summed E-state index contributed by atoms with van der Waals surface area (Å²) in [5.74, 6) is 0.596. The Bertz CT molecular complexity index is 1240. The number of ether oxygens (including phenoxy) is 1. The van der Waals surface area contributed by atoms with Gasteiger partial charge in [-0.3, -0.25) is 14.7 Å². The summed E-state index contributed by atoms with van der Waals surface area (Å²) in [5, 5.41) is 0.670. The summed E-state index contributed by atoms with van der Waals surface area (Å²) in [4.78, 5) is 24.7. The van der Waals surface area contributed by atoms with Crippen molar-refractivity contribution in [3.63, 3.8) is 0 Å². The second-order valence-electron chi connectivity index (χ2n) is 8.15. The molecule has 0 aliphatic heterocycles. The normalized spacial score (nSPS) is 11.0. The number of pyridine rings is 1. The second kappa shape index (κ2) is 10.6. The van der Waals surface area contributed by atoms with E-state index in [1.165, 1.54) is 16.9 Å². The number of hydrogen-bond acceptors (Lipinski definition) is 5. The fourth-order valence-corrected chi connectivity index (χ4v) is 4.65. The largest absolute Gasteiger partial charge is 0.494 e. The number of amides is 1. The minimum absolute atomic E-state index is 0.118. The van der Waals surface area contributed by atoms with E-state index in [9.17, 15) is 4.79 Å². The van der Waals surface area contributed by atoms with E-state index >= 15 is 0 Å². The molecule has 0 unspecified atom stereocenters. The Labute approximate surface area is 199 Å². The van der Waals surface area contributed by atoms with Crippen LogP contribution in [0.5, 0.6) is 5.75 Å². The molecule has 2 aromatic carbocycles. The Morgan fingerprint density at radius 2 is 1.94 bits per heavy atom. The van der Waals surface area contributed by atoms with Gasteiger partial charge in [-0.05, 0) is 67.8 Å². The summed E-state index contributed by atoms with van der Waals surface area (Å²) in [7, 11) is 0. The van der Waals surface area contributed by atoms with Gasteiger partial charge in [0.15, 0.2) is 5.13 Å². The van der Waals surface area contributed by atoms with E-state index in [1.807, 2.05) is 42.5 Å². The van der Waals surface area contributed by atoms with Crippen molar-refractivity contribution in [1.29, 1.82) is 0 Å². The number of unbranched alkanes of at least 4 members (excludes halogenated alkanes) is 2. The lowest BCUT2D eigenvalue weighted by atomic mass is 10.1. The highest BCUT2D eigenvalue weighted by Gasteiger charge is 2.23. The van der Waals surface area contributed by atoms with Crippen LogP contribution in [0, 0.1) is 13.8 Å². The van der Waals surface area contributed by atoms with Gasteiger partial charge in [0.05, 0.1) is 29.1 Å². The zero-order valence-electron chi connectivity index (χ0n) is 19.4. The van der Waals surface area contributed by atoms with Crippen molar-refractivity contribution in [3.8, 4) is 5.75 Å². The Morgan fingerprint density at radius 3 is 2.73 bits per heavy atom. The first kappa shape index (κ1) is 22.9. The number of carbonyl (C=O) groups is 1. The lowest BCUT2D eigenvalue weighted by molar-refractivity contribution is 0.0984. The molecule has 4 aromatic rings. The van der Waals surface area contributed by atoms with Crippen molar-refractivity contribution in [3.05, 3.63) is 83.2 Å². The molecule has 0 radical (unpaired) electrons. The van der Waals surface area contributed by atoms with Crippen molar-refractivity contribution < 1.29 is 9.53 Å². The molecule has 6 heteroatoms. The third-order valence-corrected chi connectivity index (χ3v) is 6.74. The van der Waals surface area contributed by atoms with Gasteiger partial charge in [-0.15, -0.1) is 0 Å². The number of nitrogens with zero attached hydrogens (tertiary/aromatic N) is 3. The number of thiazole rings is 1. The Morgan fingerprint density at radius 1 is 1.06 bits per heavy atom. The topological polar surface area (TPSA) is 55.3 Å². The van der Waals surface area contributed by atoms with Gasteiger partial charge in [0.2, 0.25) is 0 Å². The van der Waals surface area contributed by atoms with Crippen molar-refractivity contribution >= 4 is 32.6 Å². The highest BCUT2D eigenvalue weighted by Crippen LogP contribution is 2.33. The second-order valence-corrected chi connectivity index (χ2v) is 9.16. The van der Waals surface area contributed by atoms with E-state index < -0.39 is 0 Å². The van der Waals surface area contributed by atoms with Crippen molar-refractivity contribution in [2.75, 3.05) is 11.5 Å². The molecule has 5 nitrogen and oxygen atoms in total. The quantitative estimate of drug-likeness (QED) is 0.261. The van der Waals surface area contributed by atoms with Gasteiger partial charge in [-0.25, -0.2) is 4.98 Å². The molecule has 2 aromatic heterocycles. The number of anilines is 1. The van der Waals surface area contributed by atoms with Gasteiger partial charge in [0, 0.05) is 11.8 Å². The summed E-state index contributed by atoms with van der Waals surface area (Å²) in [5.41, 5.74) is 4.66. The van der Waals surface area contributed by atoms with Crippen LogP contribution in [0.25, 0.3) is 10.2 Å². The van der Waals surface area contributed by atoms with Crippen LogP contribution >= 0.6 is 11.3 Å². The molecule has 0 saturated carbocycles. The van der Waals surface area contributed by atoms with E-state index in [1.54, 1.807) is 11.1 Å². The lowest BCUT2D eigenvalue weighted by Gasteiger charge is -2.20. The molecule has 170 valence electrons. The molecule has 0 aliphatic carbocycles. The molecule has 4 rings (SSSR count). The first-order valence-corrected chi connectivity index (χ1v) is 12.2. The van der Waals surface area contributed by atoms with E-state index in [2.05, 4.69) is 37.9 Å². The van der Waals surface area contributed by atoms with Crippen molar-refractivity contribution in [1.82, 2.24) is 9.97 Å². The van der Waals surface area contributed by atoms with Crippen molar-refractivity contribution in [2.45, 2.75) is 46.6 Å². The van der Waals surface area contributed by atoms with E-state index in [4.69, 9.17) is 9.72 Å². The molecule has 0 aliphatic rings. The van der Waals surface area contributed by atoms with Gasteiger partial charge in [0.25, 0.3) is 5.91 Å². The van der Waals surface area contributed by atoms with Crippen LogP contribution in [0.4, 0.5) is 5.13 Å². The summed E-state index contributed by atoms with van der Waals surface area (Å²) < 4.78 is 6.95. The molecule has 0 fully saturated rings. The number of hydrogen-bond donors (Lipinski definition) is 0. The number of rotatable bonds is 9. The smallest absolute Gasteiger partial charge is 0.260 e. The van der Waals surface area contributed by atoms with E-state index in [0.717, 1.165) is 40.7 Å². The molecule has 1 amide bonds. The molecule has 0 saturated heterocycles. The fraction of sp³-hybridized carbons (Fsp3) is 0.296. The average molecular weight is 460 g/mol. The number of aryl methyl sites for hydroxylation is 2. The third-order valence-electron chi connectivity index (χ3n) is 5.69. The molecular formula is C27H29N3O2S. The van der Waals surface area contributed by atoms with Crippen molar-refractivity contribution in [2.24, 2.45) is 0 Å². The summed E-state index contributed by atoms with van der Waals surface area (Å²) in [6, 6.07) is 17.3. The highest BCUT2D eigenvalue weighted by atomic mass is 32.1. The summed E-state index contributed by atoms with van der Waals surface area (Å²) in [6.45, 7) is 7.32. The zero-order valence-corrected chi connectivity index (χ0v) is 20.2. The van der Waals surface area contributed by atoms with Gasteiger partial charge in [0.1, 0.15) is 5.75 Å². The maximum Gasteiger partial charge on any atom is 0.260 e. The third kappa shape index (κ3) is 5.40. The standard InChI is InChI=1S/C27H29N3O2S/c1-4-5-8-16-32-23-12-9-10-21(17-23)26(31)30(18-22-11-6-7-15-28-22)27-29-25-20(3)19(2)13-14-24(25)33-27/h6-7,9-15,17H,4-5,8,16,18H2,1-3H3. The van der Waals surface area contributed by atoms with Crippen LogP contribution in [0.3, 0.4) is 0 Å². The Kier molecular flexibility index (Phi) is 7.35. The minimum atomic E-state index is -0.118. The predicted molar refractivity (Wildman–Crippen MR) is 135 cm³/mol. The molecule has 0 bridgehead atoms. The van der Waals surface area contributed by atoms with Crippen LogP contribution in [-0.4, -0.2) is 22.5 Å². The van der Waals surface area contributed by atoms with Crippen LogP contribution in [-0.2, 0) is 6.54 Å². The summed E-state index contributed by atoms with van der Waals surface area (Å²) in [6.07, 6.45) is 5.03. The average Bonchev–Trinajstić information content (AvgIpc) is 3.28. The molecule has 0 atom stereocenters. The molecule has 33 heavy (non-hydrogen) atoms. The van der Waals surface area contributed by atoms with Crippen LogP contribution in [0.15, 0.2) is 60.8 Å². The van der Waals surface area contributed by atoms with E-state index in [0.29, 0.717) is 29.6 Å². The number of aromatic nitrogens is 2. The molecule has 2 heterocycles. The van der Waals surface area contributed by atoms with Crippen LogP contribution < -0.4 is 9.64 Å². The van der Waals surface area contributed by atoms with Gasteiger partial charge < -0.3 is 4.74 Å². The highest BCUT2D eigenvalue weighted by molar-refractivity contribution is 7.22. The molecule has 0 N–H and O–H groups in total. The monoisotopic (exact) mass is 459 g/mol. The first-order valence-electron chi connectivity index (χ1n) is 11.4. The lowest BCUT2D eigenvalue weighted by Crippen LogP contribution is -2.30. The van der Waals surface area contributed by atoms with Gasteiger partial charge in [-0.1, -0.05) is 49.3 Å². The number of benzene rings is 2. The van der Waals surface area contributed by atoms with Gasteiger partial charge in [-0.2, -0.15) is 0 Å². The van der Waals surface area contributed by atoms with Gasteiger partial charge >= 0.3 is 0 Å². The number of carbonyl (C=O) groups excluding carboxylic acids is 1. The Hall–Kier alpha value is -3.25. The summed E-state index contributed by atoms with van der Waals surface area (Å²) >= 11 is 1.53. The van der Waals surface area contributed by atoms with E-state index in [-0.39, 0.29) is 5.91 Å². The maximum absolute atomic E-state index is 13.7. The van der Waals surface area contributed by atoms with Crippen LogP contribution in [0.1, 0.15) is 53.4 Å². The Balaban J connectivity index is 1.67. The fourth-order valence-electron chi connectivity index (χ4n) is 3.63.